The molecule has 2 N–H and O–H groups in total. The third-order valence-corrected chi connectivity index (χ3v) is 15.0. The second-order valence-electron chi connectivity index (χ2n) is 12.7. The molecule has 2 aromatic rings. The van der Waals surface area contributed by atoms with Crippen LogP contribution in [0.15, 0.2) is 24.8 Å². The second kappa shape index (κ2) is 11.7. The second-order valence-corrected chi connectivity index (χ2v) is 20.2. The number of hydrogen-bond donors (Lipinski definition) is 2. The van der Waals surface area contributed by atoms with Gasteiger partial charge in [-0.3, -0.25) is 4.57 Å². The number of fused-ring (bicyclic) bond motifs is 1. The van der Waals surface area contributed by atoms with Gasteiger partial charge in [-0.1, -0.05) is 32.9 Å². The molecule has 3 heterocycles. The van der Waals surface area contributed by atoms with E-state index in [2.05, 4.69) is 69.2 Å². The van der Waals surface area contributed by atoms with Crippen LogP contribution in [0.4, 0.5) is 5.82 Å². The van der Waals surface area contributed by atoms with E-state index >= 15 is 0 Å². The van der Waals surface area contributed by atoms with Gasteiger partial charge in [0.05, 0.1) is 12.9 Å². The fourth-order valence-electron chi connectivity index (χ4n) is 4.82. The number of nitrogens with two attached hydrogens (primary N) is 1. The zero-order chi connectivity index (χ0) is 28.8. The molecule has 0 spiro atoms. The van der Waals surface area contributed by atoms with E-state index in [9.17, 15) is 0 Å². The Bertz CT molecular complexity index is 1220. The number of allylic oxidation sites excluding steroid dienone is 1. The lowest BCUT2D eigenvalue weighted by molar-refractivity contribution is -0.0371. The Kier molecular flexibility index (Phi) is 9.30. The quantitative estimate of drug-likeness (QED) is 0.145. The Morgan fingerprint density at radius 2 is 2.03 bits per heavy atom. The van der Waals surface area contributed by atoms with E-state index in [0.29, 0.717) is 35.9 Å². The molecule has 9 nitrogen and oxygen atoms in total. The molecule has 0 amide bonds. The van der Waals surface area contributed by atoms with Gasteiger partial charge in [0.1, 0.15) is 36.4 Å². The van der Waals surface area contributed by atoms with Gasteiger partial charge >= 0.3 is 7.15 Å². The summed E-state index contributed by atoms with van der Waals surface area (Å²) in [5.74, 6) is 0.739. The number of nitrogen functional groups attached to an aromatic ring is 1. The van der Waals surface area contributed by atoms with E-state index in [1.807, 2.05) is 4.57 Å². The van der Waals surface area contributed by atoms with Gasteiger partial charge in [-0.05, 0) is 57.2 Å². The summed E-state index contributed by atoms with van der Waals surface area (Å²) in [6.45, 7) is 19.9. The fraction of sp³-hybridized carbons (Fsp3) is 0.731. The molecule has 2 aliphatic rings. The van der Waals surface area contributed by atoms with Gasteiger partial charge in [-0.25, -0.2) is 15.0 Å². The first-order valence-corrected chi connectivity index (χ1v) is 19.0. The minimum atomic E-state index is -2.02. The average molecular weight is 613 g/mol. The lowest BCUT2D eigenvalue weighted by atomic mass is 9.77. The van der Waals surface area contributed by atoms with Crippen LogP contribution in [0.2, 0.25) is 18.1 Å². The maximum atomic E-state index is 6.56. The van der Waals surface area contributed by atoms with Crippen molar-refractivity contribution >= 4 is 56.9 Å². The maximum absolute atomic E-state index is 6.56. The number of nitrogens with zero attached hydrogens (tertiary/aromatic N) is 4. The summed E-state index contributed by atoms with van der Waals surface area (Å²) in [6, 6.07) is 0. The first kappa shape index (κ1) is 31.0. The highest BCUT2D eigenvalue weighted by Crippen LogP contribution is 2.47. The van der Waals surface area contributed by atoms with Crippen LogP contribution in [-0.2, 0) is 30.0 Å². The van der Waals surface area contributed by atoms with Gasteiger partial charge in [-0.15, -0.1) is 9.05 Å². The van der Waals surface area contributed by atoms with Crippen molar-refractivity contribution < 1.29 is 18.2 Å². The van der Waals surface area contributed by atoms with Crippen molar-refractivity contribution in [3.8, 4) is 0 Å². The number of rotatable bonds is 9. The normalized spacial score (nSPS) is 30.6. The summed E-state index contributed by atoms with van der Waals surface area (Å²) in [5, 5.41) is 0.0714. The predicted octanol–water partition coefficient (Wildman–Crippen LogP) is 6.33. The Balaban J connectivity index is 1.51. The van der Waals surface area contributed by atoms with E-state index in [1.54, 1.807) is 6.33 Å². The van der Waals surface area contributed by atoms with Gasteiger partial charge in [0.25, 0.3) is 0 Å². The van der Waals surface area contributed by atoms with Crippen molar-refractivity contribution in [2.45, 2.75) is 108 Å². The number of hydrogen-bond acceptors (Lipinski definition) is 10. The topological polar surface area (TPSA) is 107 Å². The summed E-state index contributed by atoms with van der Waals surface area (Å²) in [4.78, 5) is 12.9. The third-order valence-electron chi connectivity index (χ3n) is 8.62. The van der Waals surface area contributed by atoms with E-state index in [4.69, 9.17) is 48.4 Å². The van der Waals surface area contributed by atoms with Crippen LogP contribution in [0, 0.1) is 5.92 Å². The van der Waals surface area contributed by atoms with Crippen LogP contribution in [0.25, 0.3) is 11.2 Å². The van der Waals surface area contributed by atoms with Crippen LogP contribution in [-0.4, -0.2) is 57.5 Å². The van der Waals surface area contributed by atoms with Crippen molar-refractivity contribution in [3.63, 3.8) is 0 Å². The van der Waals surface area contributed by atoms with Crippen molar-refractivity contribution in [1.82, 2.24) is 19.5 Å². The maximum Gasteiger partial charge on any atom is 0.522 e. The van der Waals surface area contributed by atoms with Crippen molar-refractivity contribution in [3.05, 3.63) is 24.8 Å². The number of aromatic nitrogens is 4. The number of thiol groups is 1. The van der Waals surface area contributed by atoms with Gasteiger partial charge in [-0.2, -0.15) is 12.6 Å². The van der Waals surface area contributed by atoms with Gasteiger partial charge in [0, 0.05) is 11.2 Å². The highest BCUT2D eigenvalue weighted by molar-refractivity contribution is 8.00. The molecular formula is C26H43N5O4PS2Si+. The Morgan fingerprint density at radius 1 is 1.31 bits per heavy atom. The molecule has 1 aliphatic carbocycles. The summed E-state index contributed by atoms with van der Waals surface area (Å²) in [5.41, 5.74) is 8.36. The van der Waals surface area contributed by atoms with Gasteiger partial charge in [0.2, 0.25) is 11.8 Å². The Hall–Kier alpha value is -0.983. The van der Waals surface area contributed by atoms with Crippen LogP contribution < -0.4 is 5.73 Å². The molecule has 2 fully saturated rings. The van der Waals surface area contributed by atoms with Gasteiger partial charge in [0.15, 0.2) is 19.8 Å². The van der Waals surface area contributed by atoms with Crippen molar-refractivity contribution in [2.24, 2.45) is 5.92 Å². The zero-order valence-electron chi connectivity index (χ0n) is 24.1. The molecule has 1 aliphatic heterocycles. The molecule has 4 rings (SSSR count). The van der Waals surface area contributed by atoms with E-state index in [0.717, 1.165) is 19.3 Å². The third kappa shape index (κ3) is 6.92. The molecule has 1 saturated carbocycles. The van der Waals surface area contributed by atoms with Crippen LogP contribution in [0.3, 0.4) is 0 Å². The summed E-state index contributed by atoms with van der Waals surface area (Å²) in [7, 11) is -3.62. The number of imidazole rings is 1. The minimum absolute atomic E-state index is 0.0714. The molecule has 216 valence electrons. The van der Waals surface area contributed by atoms with E-state index in [1.165, 1.54) is 11.9 Å². The largest absolute Gasteiger partial charge is 0.522 e. The molecule has 1 saturated heterocycles. The fourth-order valence-corrected chi connectivity index (χ4v) is 7.87. The standard InChI is InChI=1S/C26H42N5O4PS2Si/c1-16(2)17-9-10-26(6,37)20(11-17)35-36(38)34-18-12-21(31-15-30-22-23(27)28-14-29-24(22)31)33-19(18)13-32-39(7,8)25(3,4)5/h14-15,17-21H,1,9-13H2,2-8H3,(H2-,27,28,29,37)/p+1/t17-,18-,19+,20+,21+,26+/m0/s1. The number of ether oxygens (including phenoxy) is 1. The molecular weight excluding hydrogens is 570 g/mol. The molecule has 0 aromatic carbocycles. The van der Waals surface area contributed by atoms with Crippen LogP contribution >= 0.6 is 19.8 Å². The molecule has 39 heavy (non-hydrogen) atoms. The smallest absolute Gasteiger partial charge is 0.414 e. The highest BCUT2D eigenvalue weighted by atomic mass is 32.4. The van der Waals surface area contributed by atoms with Crippen LogP contribution in [0.5, 0.6) is 0 Å². The summed E-state index contributed by atoms with van der Waals surface area (Å²) >= 11 is 10.7. The molecule has 13 heteroatoms. The summed E-state index contributed by atoms with van der Waals surface area (Å²) < 4.78 is 27.6. The molecule has 0 radical (unpaired) electrons. The Labute approximate surface area is 244 Å². The predicted molar refractivity (Wildman–Crippen MR) is 165 cm³/mol. The lowest BCUT2D eigenvalue weighted by Gasteiger charge is -2.38. The highest BCUT2D eigenvalue weighted by Gasteiger charge is 2.47. The first-order chi connectivity index (χ1) is 18.1. The molecule has 2 aromatic heterocycles. The van der Waals surface area contributed by atoms with Crippen molar-refractivity contribution in [2.75, 3.05) is 12.3 Å². The first-order valence-electron chi connectivity index (χ1n) is 13.5. The molecule has 1 unspecified atom stereocenters. The monoisotopic (exact) mass is 612 g/mol. The molecule has 7 atom stereocenters. The van der Waals surface area contributed by atoms with Gasteiger partial charge < -0.3 is 14.9 Å². The molecule has 0 bridgehead atoms. The SMILES string of the molecule is C=C(C)[C@H]1CC[C@@](C)(S)[C@H](O[P+](=S)O[C@H]2C[C@H](n3cnc4c(N)ncnc43)O[C@@H]2CO[Si](C)(C)C(C)(C)C)C1. The number of anilines is 1. The van der Waals surface area contributed by atoms with Crippen LogP contribution in [0.1, 0.15) is 66.5 Å². The average Bonchev–Trinajstić information content (AvgIpc) is 3.43. The summed E-state index contributed by atoms with van der Waals surface area (Å²) in [6.07, 6.45) is 5.40. The van der Waals surface area contributed by atoms with Crippen molar-refractivity contribution in [1.29, 1.82) is 0 Å². The lowest BCUT2D eigenvalue weighted by Crippen LogP contribution is -2.44. The zero-order valence-corrected chi connectivity index (χ0v) is 27.7. The Morgan fingerprint density at radius 3 is 2.69 bits per heavy atom. The van der Waals surface area contributed by atoms with E-state index < -0.39 is 15.5 Å². The minimum Gasteiger partial charge on any atom is -0.414 e. The van der Waals surface area contributed by atoms with E-state index in [-0.39, 0.29) is 34.3 Å².